The summed E-state index contributed by atoms with van der Waals surface area (Å²) in [6.07, 6.45) is 0.955. The van der Waals surface area contributed by atoms with Gasteiger partial charge in [-0.25, -0.2) is 0 Å². The fraction of sp³-hybridized carbons (Fsp3) is 0.400. The smallest absolute Gasteiger partial charge is 0.306 e. The topological polar surface area (TPSA) is 71.1 Å². The third-order valence-corrected chi connectivity index (χ3v) is 2.38. The van der Waals surface area contributed by atoms with Crippen molar-refractivity contribution < 1.29 is 26.8 Å². The van der Waals surface area contributed by atoms with E-state index in [1.807, 2.05) is 0 Å². The molecule has 6 nitrogen and oxygen atoms in total. The third kappa shape index (κ3) is 3.42. The highest BCUT2D eigenvalue weighted by Gasteiger charge is 2.15. The number of rotatable bonds is 5. The molecule has 96 valence electrons. The summed E-state index contributed by atoms with van der Waals surface area (Å²) in [6, 6.07) is 2.81. The number of benzene rings is 1. The molecule has 0 amide bonds. The first-order chi connectivity index (χ1) is 7.91. The molecule has 1 rings (SSSR count). The molecule has 0 saturated carbocycles. The van der Waals surface area contributed by atoms with Crippen molar-refractivity contribution in [3.05, 3.63) is 12.1 Å². The lowest BCUT2D eigenvalue weighted by atomic mass is 10.2. The Balaban J connectivity index is 3.27. The zero-order chi connectivity index (χ0) is 13.1. The molecule has 0 aliphatic rings. The Kier molecular flexibility index (Phi) is 4.06. The first kappa shape index (κ1) is 13.4. The van der Waals surface area contributed by atoms with Gasteiger partial charge in [0.1, 0.15) is 5.75 Å². The van der Waals surface area contributed by atoms with Gasteiger partial charge in [-0.15, -0.1) is 0 Å². The Morgan fingerprint density at radius 3 is 1.71 bits per heavy atom. The van der Waals surface area contributed by atoms with Crippen LogP contribution >= 0.6 is 0 Å². The molecule has 0 heterocycles. The predicted octanol–water partition coefficient (Wildman–Crippen LogP) is 1.05. The molecule has 7 heteroatoms. The molecular formula is C10H14O6S. The Labute approximate surface area is 100 Å². The second kappa shape index (κ2) is 5.13. The number of ether oxygens (including phenoxy) is 3. The summed E-state index contributed by atoms with van der Waals surface area (Å²) in [4.78, 5) is 0. The minimum Gasteiger partial charge on any atom is -0.493 e. The van der Waals surface area contributed by atoms with Crippen LogP contribution in [-0.2, 0) is 10.1 Å². The molecule has 0 radical (unpaired) electrons. The normalized spacial score (nSPS) is 10.8. The molecule has 0 spiro atoms. The third-order valence-electron chi connectivity index (χ3n) is 1.89. The van der Waals surface area contributed by atoms with Gasteiger partial charge >= 0.3 is 10.1 Å². The Hall–Kier alpha value is -1.63. The number of hydrogen-bond acceptors (Lipinski definition) is 6. The highest BCUT2D eigenvalue weighted by molar-refractivity contribution is 7.86. The Bertz CT molecular complexity index is 469. The molecule has 1 aromatic rings. The standard InChI is InChI=1S/C10H14O6S/c1-13-8-5-7(16-17(4,11)12)6-9(14-2)10(8)15-3/h5-6H,1-4H3. The van der Waals surface area contributed by atoms with Gasteiger partial charge in [0.25, 0.3) is 0 Å². The van der Waals surface area contributed by atoms with E-state index in [2.05, 4.69) is 0 Å². The molecule has 0 fully saturated rings. The van der Waals surface area contributed by atoms with E-state index in [-0.39, 0.29) is 5.75 Å². The number of hydrogen-bond donors (Lipinski definition) is 0. The zero-order valence-electron chi connectivity index (χ0n) is 10.0. The van der Waals surface area contributed by atoms with Gasteiger partial charge in [-0.3, -0.25) is 0 Å². The fourth-order valence-electron chi connectivity index (χ4n) is 1.28. The van der Waals surface area contributed by atoms with Crippen molar-refractivity contribution in [3.8, 4) is 23.0 Å². The van der Waals surface area contributed by atoms with Gasteiger partial charge in [0, 0.05) is 12.1 Å². The van der Waals surface area contributed by atoms with Crippen LogP contribution in [-0.4, -0.2) is 36.0 Å². The molecule has 0 aromatic heterocycles. The fourth-order valence-corrected chi connectivity index (χ4v) is 1.73. The van der Waals surface area contributed by atoms with Crippen LogP contribution in [0.25, 0.3) is 0 Å². The summed E-state index contributed by atoms with van der Waals surface area (Å²) in [5.74, 6) is 1.12. The van der Waals surface area contributed by atoms with E-state index in [4.69, 9.17) is 18.4 Å². The van der Waals surface area contributed by atoms with Crippen LogP contribution in [0.2, 0.25) is 0 Å². The summed E-state index contributed by atoms with van der Waals surface area (Å²) < 4.78 is 42.0. The number of methoxy groups -OCH3 is 3. The molecule has 1 aromatic carbocycles. The molecule has 17 heavy (non-hydrogen) atoms. The van der Waals surface area contributed by atoms with Crippen molar-refractivity contribution in [3.63, 3.8) is 0 Å². The highest BCUT2D eigenvalue weighted by Crippen LogP contribution is 2.40. The van der Waals surface area contributed by atoms with Crippen LogP contribution in [0.1, 0.15) is 0 Å². The summed E-state index contributed by atoms with van der Waals surface area (Å²) in [6.45, 7) is 0. The van der Waals surface area contributed by atoms with Crippen LogP contribution in [0.4, 0.5) is 0 Å². The Morgan fingerprint density at radius 1 is 0.941 bits per heavy atom. The van der Waals surface area contributed by atoms with Gasteiger partial charge in [-0.1, -0.05) is 0 Å². The minimum atomic E-state index is -3.60. The predicted molar refractivity (Wildman–Crippen MR) is 61.6 cm³/mol. The van der Waals surface area contributed by atoms with Crippen molar-refractivity contribution in [1.29, 1.82) is 0 Å². The zero-order valence-corrected chi connectivity index (χ0v) is 10.8. The summed E-state index contributed by atoms with van der Waals surface area (Å²) >= 11 is 0. The van der Waals surface area contributed by atoms with Gasteiger partial charge in [-0.05, 0) is 0 Å². The van der Waals surface area contributed by atoms with Crippen LogP contribution in [0.15, 0.2) is 12.1 Å². The lowest BCUT2D eigenvalue weighted by Crippen LogP contribution is -2.06. The first-order valence-electron chi connectivity index (χ1n) is 4.60. The maximum atomic E-state index is 11.0. The SMILES string of the molecule is COc1cc(OS(C)(=O)=O)cc(OC)c1OC. The van der Waals surface area contributed by atoms with E-state index in [0.717, 1.165) is 6.26 Å². The molecule has 0 unspecified atom stereocenters. The van der Waals surface area contributed by atoms with E-state index < -0.39 is 10.1 Å². The van der Waals surface area contributed by atoms with Crippen molar-refractivity contribution in [1.82, 2.24) is 0 Å². The van der Waals surface area contributed by atoms with Crippen LogP contribution < -0.4 is 18.4 Å². The lowest BCUT2D eigenvalue weighted by Gasteiger charge is -2.13. The van der Waals surface area contributed by atoms with Crippen molar-refractivity contribution in [2.75, 3.05) is 27.6 Å². The van der Waals surface area contributed by atoms with Crippen molar-refractivity contribution in [2.45, 2.75) is 0 Å². The first-order valence-corrected chi connectivity index (χ1v) is 6.42. The minimum absolute atomic E-state index is 0.0991. The molecule has 0 atom stereocenters. The van der Waals surface area contributed by atoms with Gasteiger partial charge in [0.15, 0.2) is 11.5 Å². The second-order valence-corrected chi connectivity index (χ2v) is 4.72. The van der Waals surface area contributed by atoms with E-state index >= 15 is 0 Å². The summed E-state index contributed by atoms with van der Waals surface area (Å²) in [7, 11) is 0.721. The average Bonchev–Trinajstić information content (AvgIpc) is 2.25. The molecule has 0 bridgehead atoms. The molecule has 0 N–H and O–H groups in total. The summed E-state index contributed by atoms with van der Waals surface area (Å²) in [5, 5.41) is 0. The van der Waals surface area contributed by atoms with Crippen molar-refractivity contribution in [2.24, 2.45) is 0 Å². The highest BCUT2D eigenvalue weighted by atomic mass is 32.2. The molecule has 0 aliphatic heterocycles. The summed E-state index contributed by atoms with van der Waals surface area (Å²) in [5.41, 5.74) is 0. The average molecular weight is 262 g/mol. The molecule has 0 saturated heterocycles. The quantitative estimate of drug-likeness (QED) is 0.739. The van der Waals surface area contributed by atoms with Gasteiger partial charge in [0.05, 0.1) is 27.6 Å². The monoisotopic (exact) mass is 262 g/mol. The van der Waals surface area contributed by atoms with E-state index in [9.17, 15) is 8.42 Å². The van der Waals surface area contributed by atoms with E-state index in [1.165, 1.54) is 33.5 Å². The van der Waals surface area contributed by atoms with Gasteiger partial charge in [-0.2, -0.15) is 8.42 Å². The van der Waals surface area contributed by atoms with Crippen molar-refractivity contribution >= 4 is 10.1 Å². The molecular weight excluding hydrogens is 248 g/mol. The molecule has 0 aliphatic carbocycles. The van der Waals surface area contributed by atoms with E-state index in [0.29, 0.717) is 17.2 Å². The second-order valence-electron chi connectivity index (χ2n) is 3.15. The van der Waals surface area contributed by atoms with Crippen LogP contribution in [0, 0.1) is 0 Å². The largest absolute Gasteiger partial charge is 0.493 e. The Morgan fingerprint density at radius 2 is 1.41 bits per heavy atom. The maximum Gasteiger partial charge on any atom is 0.306 e. The lowest BCUT2D eigenvalue weighted by molar-refractivity contribution is 0.322. The van der Waals surface area contributed by atoms with E-state index in [1.54, 1.807) is 0 Å². The van der Waals surface area contributed by atoms with Crippen LogP contribution in [0.3, 0.4) is 0 Å². The van der Waals surface area contributed by atoms with Gasteiger partial charge < -0.3 is 18.4 Å². The van der Waals surface area contributed by atoms with Gasteiger partial charge in [0.2, 0.25) is 5.75 Å². The van der Waals surface area contributed by atoms with Crippen LogP contribution in [0.5, 0.6) is 23.0 Å². The maximum absolute atomic E-state index is 11.0.